The lowest BCUT2D eigenvalue weighted by atomic mass is 9.79. The molecule has 0 amide bonds. The summed E-state index contributed by atoms with van der Waals surface area (Å²) in [6.07, 6.45) is 2.24. The third kappa shape index (κ3) is 3.72. The topological polar surface area (TPSA) is 23.5 Å². The van der Waals surface area contributed by atoms with Crippen LogP contribution in [0.1, 0.15) is 24.0 Å². The van der Waals surface area contributed by atoms with E-state index in [0.29, 0.717) is 18.6 Å². The molecule has 0 aromatic heterocycles. The number of nitrogens with zero attached hydrogens (tertiary/aromatic N) is 1. The minimum atomic E-state index is 0.334. The van der Waals surface area contributed by atoms with Gasteiger partial charge in [0.2, 0.25) is 0 Å². The van der Waals surface area contributed by atoms with E-state index in [9.17, 15) is 5.11 Å². The van der Waals surface area contributed by atoms with Crippen LogP contribution >= 0.6 is 0 Å². The molecule has 2 heteroatoms. The second-order valence-corrected chi connectivity index (χ2v) is 6.05. The van der Waals surface area contributed by atoms with Crippen molar-refractivity contribution < 1.29 is 5.11 Å². The zero-order chi connectivity index (χ0) is 14.5. The van der Waals surface area contributed by atoms with Gasteiger partial charge >= 0.3 is 0 Å². The monoisotopic (exact) mass is 281 g/mol. The van der Waals surface area contributed by atoms with Crippen LogP contribution in [-0.2, 0) is 13.1 Å². The van der Waals surface area contributed by atoms with Crippen molar-refractivity contribution in [3.8, 4) is 0 Å². The van der Waals surface area contributed by atoms with Crippen molar-refractivity contribution in [2.75, 3.05) is 6.61 Å². The second kappa shape index (κ2) is 6.88. The number of hydrogen-bond acceptors (Lipinski definition) is 2. The highest BCUT2D eigenvalue weighted by molar-refractivity contribution is 5.17. The van der Waals surface area contributed by atoms with E-state index in [1.165, 1.54) is 11.1 Å². The quantitative estimate of drug-likeness (QED) is 0.876. The van der Waals surface area contributed by atoms with E-state index in [0.717, 1.165) is 25.9 Å². The largest absolute Gasteiger partial charge is 0.396 e. The fraction of sp³-hybridized carbons (Fsp3) is 0.368. The zero-order valence-corrected chi connectivity index (χ0v) is 12.4. The smallest absolute Gasteiger partial charge is 0.0460 e. The van der Waals surface area contributed by atoms with E-state index in [4.69, 9.17) is 0 Å². The van der Waals surface area contributed by atoms with E-state index in [2.05, 4.69) is 65.6 Å². The molecule has 21 heavy (non-hydrogen) atoms. The molecule has 0 bridgehead atoms. The molecular weight excluding hydrogens is 258 g/mol. The third-order valence-corrected chi connectivity index (χ3v) is 4.44. The highest BCUT2D eigenvalue weighted by atomic mass is 16.3. The molecule has 0 spiro atoms. The van der Waals surface area contributed by atoms with Crippen LogP contribution in [0.2, 0.25) is 0 Å². The van der Waals surface area contributed by atoms with Gasteiger partial charge in [0, 0.05) is 25.7 Å². The van der Waals surface area contributed by atoms with Crippen LogP contribution in [0.3, 0.4) is 0 Å². The lowest BCUT2D eigenvalue weighted by Crippen LogP contribution is -2.44. The Labute approximate surface area is 127 Å². The zero-order valence-electron chi connectivity index (χ0n) is 12.4. The van der Waals surface area contributed by atoms with Crippen molar-refractivity contribution in [1.82, 2.24) is 4.90 Å². The van der Waals surface area contributed by atoms with E-state index >= 15 is 0 Å². The van der Waals surface area contributed by atoms with Gasteiger partial charge in [0.25, 0.3) is 0 Å². The Balaban J connectivity index is 1.69. The Morgan fingerprint density at radius 2 is 1.29 bits per heavy atom. The van der Waals surface area contributed by atoms with Gasteiger partial charge in [-0.25, -0.2) is 0 Å². The molecule has 0 saturated heterocycles. The molecule has 1 saturated carbocycles. The standard InChI is InChI=1S/C19H23NO/c21-15-18-11-19(12-18)20(13-16-7-3-1-4-8-16)14-17-9-5-2-6-10-17/h1-10,18-19,21H,11-15H2. The van der Waals surface area contributed by atoms with Crippen molar-refractivity contribution in [3.63, 3.8) is 0 Å². The molecule has 1 fully saturated rings. The summed E-state index contributed by atoms with van der Waals surface area (Å²) in [5.74, 6) is 0.504. The van der Waals surface area contributed by atoms with Gasteiger partial charge in [-0.05, 0) is 29.9 Å². The molecule has 1 aliphatic carbocycles. The summed E-state index contributed by atoms with van der Waals surface area (Å²) < 4.78 is 0. The summed E-state index contributed by atoms with van der Waals surface area (Å²) in [5, 5.41) is 9.25. The summed E-state index contributed by atoms with van der Waals surface area (Å²) in [7, 11) is 0. The van der Waals surface area contributed by atoms with Crippen LogP contribution in [0.5, 0.6) is 0 Å². The summed E-state index contributed by atoms with van der Waals surface area (Å²) in [4.78, 5) is 2.55. The average molecular weight is 281 g/mol. The Hall–Kier alpha value is -1.64. The Kier molecular flexibility index (Phi) is 4.69. The maximum absolute atomic E-state index is 9.25. The lowest BCUT2D eigenvalue weighted by molar-refractivity contribution is 0.0354. The predicted molar refractivity (Wildman–Crippen MR) is 85.7 cm³/mol. The molecule has 0 heterocycles. The SMILES string of the molecule is OCC1CC(N(Cc2ccccc2)Cc2ccccc2)C1. The molecule has 0 radical (unpaired) electrons. The van der Waals surface area contributed by atoms with Crippen molar-refractivity contribution in [2.24, 2.45) is 5.92 Å². The summed E-state index contributed by atoms with van der Waals surface area (Å²) in [6.45, 7) is 2.30. The maximum atomic E-state index is 9.25. The number of benzene rings is 2. The molecule has 0 unspecified atom stereocenters. The summed E-state index contributed by atoms with van der Waals surface area (Å²) >= 11 is 0. The van der Waals surface area contributed by atoms with Gasteiger partial charge in [-0.3, -0.25) is 4.90 Å². The second-order valence-electron chi connectivity index (χ2n) is 6.05. The lowest BCUT2D eigenvalue weighted by Gasteiger charge is -2.42. The van der Waals surface area contributed by atoms with Gasteiger partial charge < -0.3 is 5.11 Å². The third-order valence-electron chi connectivity index (χ3n) is 4.44. The molecular formula is C19H23NO. The molecule has 1 aliphatic rings. The van der Waals surface area contributed by atoms with Crippen LogP contribution < -0.4 is 0 Å². The van der Waals surface area contributed by atoms with Crippen molar-refractivity contribution >= 4 is 0 Å². The fourth-order valence-electron chi connectivity index (χ4n) is 3.10. The molecule has 1 N–H and O–H groups in total. The van der Waals surface area contributed by atoms with Gasteiger partial charge in [0.15, 0.2) is 0 Å². The first-order valence-electron chi connectivity index (χ1n) is 7.78. The molecule has 2 aromatic carbocycles. The number of aliphatic hydroxyl groups excluding tert-OH is 1. The summed E-state index contributed by atoms with van der Waals surface area (Å²) in [6, 6.07) is 21.9. The van der Waals surface area contributed by atoms with E-state index in [1.54, 1.807) is 0 Å². The van der Waals surface area contributed by atoms with E-state index < -0.39 is 0 Å². The van der Waals surface area contributed by atoms with Crippen LogP contribution in [0.4, 0.5) is 0 Å². The first-order valence-corrected chi connectivity index (χ1v) is 7.78. The van der Waals surface area contributed by atoms with Crippen LogP contribution in [0, 0.1) is 5.92 Å². The predicted octanol–water partition coefficient (Wildman–Crippen LogP) is 3.46. The Morgan fingerprint density at radius 1 is 0.810 bits per heavy atom. The molecule has 0 aliphatic heterocycles. The number of hydrogen-bond donors (Lipinski definition) is 1. The molecule has 2 nitrogen and oxygen atoms in total. The van der Waals surface area contributed by atoms with Crippen LogP contribution in [0.15, 0.2) is 60.7 Å². The van der Waals surface area contributed by atoms with Crippen molar-refractivity contribution in [3.05, 3.63) is 71.8 Å². The van der Waals surface area contributed by atoms with E-state index in [1.807, 2.05) is 0 Å². The molecule has 2 aromatic rings. The first kappa shape index (κ1) is 14.3. The van der Waals surface area contributed by atoms with E-state index in [-0.39, 0.29) is 0 Å². The first-order chi connectivity index (χ1) is 10.3. The summed E-state index contributed by atoms with van der Waals surface area (Å²) in [5.41, 5.74) is 2.72. The van der Waals surface area contributed by atoms with Crippen molar-refractivity contribution in [2.45, 2.75) is 32.0 Å². The fourth-order valence-corrected chi connectivity index (χ4v) is 3.10. The molecule has 0 atom stereocenters. The maximum Gasteiger partial charge on any atom is 0.0460 e. The number of aliphatic hydroxyl groups is 1. The van der Waals surface area contributed by atoms with Gasteiger partial charge in [-0.2, -0.15) is 0 Å². The van der Waals surface area contributed by atoms with Gasteiger partial charge in [-0.15, -0.1) is 0 Å². The highest BCUT2D eigenvalue weighted by Crippen LogP contribution is 2.33. The van der Waals surface area contributed by atoms with Crippen molar-refractivity contribution in [1.29, 1.82) is 0 Å². The minimum absolute atomic E-state index is 0.334. The van der Waals surface area contributed by atoms with Gasteiger partial charge in [0.05, 0.1) is 0 Å². The minimum Gasteiger partial charge on any atom is -0.396 e. The Morgan fingerprint density at radius 3 is 1.71 bits per heavy atom. The molecule has 3 rings (SSSR count). The Bertz CT molecular complexity index is 493. The highest BCUT2D eigenvalue weighted by Gasteiger charge is 2.32. The van der Waals surface area contributed by atoms with Crippen LogP contribution in [0.25, 0.3) is 0 Å². The van der Waals surface area contributed by atoms with Gasteiger partial charge in [0.1, 0.15) is 0 Å². The van der Waals surface area contributed by atoms with Crippen LogP contribution in [-0.4, -0.2) is 22.7 Å². The van der Waals surface area contributed by atoms with Gasteiger partial charge in [-0.1, -0.05) is 60.7 Å². The average Bonchev–Trinajstić information content (AvgIpc) is 2.48. The number of rotatable bonds is 6. The molecule has 110 valence electrons. The normalized spacial score (nSPS) is 21.2.